The molecule has 0 spiro atoms. The Bertz CT molecular complexity index is 534. The molecule has 0 aliphatic carbocycles. The number of aryl methyl sites for hydroxylation is 1. The van der Waals surface area contributed by atoms with Gasteiger partial charge in [-0.1, -0.05) is 17.7 Å². The highest BCUT2D eigenvalue weighted by molar-refractivity contribution is 5.88. The first-order chi connectivity index (χ1) is 10.6. The van der Waals surface area contributed by atoms with Gasteiger partial charge >= 0.3 is 0 Å². The van der Waals surface area contributed by atoms with Gasteiger partial charge < -0.3 is 16.4 Å². The summed E-state index contributed by atoms with van der Waals surface area (Å²) in [5.41, 5.74) is 7.04. The van der Waals surface area contributed by atoms with Crippen LogP contribution in [0.5, 0.6) is 0 Å². The Kier molecular flexibility index (Phi) is 7.65. The molecule has 1 aromatic rings. The van der Waals surface area contributed by atoms with Gasteiger partial charge in [0.1, 0.15) is 6.04 Å². The molecule has 6 heteroatoms. The molecule has 4 N–H and O–H groups in total. The van der Waals surface area contributed by atoms with Gasteiger partial charge in [-0.2, -0.15) is 5.26 Å². The van der Waals surface area contributed by atoms with Crippen molar-refractivity contribution in [3.8, 4) is 6.07 Å². The molecule has 0 bridgehead atoms. The van der Waals surface area contributed by atoms with Crippen LogP contribution in [0.1, 0.15) is 30.4 Å². The van der Waals surface area contributed by atoms with Crippen LogP contribution in [-0.2, 0) is 9.59 Å². The summed E-state index contributed by atoms with van der Waals surface area (Å²) in [6.45, 7) is 2.64. The molecule has 6 nitrogen and oxygen atoms in total. The number of rotatable bonds is 2. The van der Waals surface area contributed by atoms with Gasteiger partial charge in [0.15, 0.2) is 0 Å². The van der Waals surface area contributed by atoms with E-state index in [2.05, 4.69) is 16.7 Å². The van der Waals surface area contributed by atoms with Crippen LogP contribution < -0.4 is 16.4 Å². The lowest BCUT2D eigenvalue weighted by molar-refractivity contribution is -0.128. The molecule has 1 saturated heterocycles. The van der Waals surface area contributed by atoms with Gasteiger partial charge in [0.05, 0.1) is 18.2 Å². The predicted molar refractivity (Wildman–Crippen MR) is 83.7 cm³/mol. The minimum atomic E-state index is -0.390. The average Bonchev–Trinajstić information content (AvgIpc) is 2.73. The molecule has 118 valence electrons. The standard InChI is InChI=1S/C8H15N3O2.C8H7N/c9-5-7(12)11-6-3-1-2-4-10-8(6)13;1-7-2-4-8(6-9)5-3-7/h6H,1-5,9H2,(H,10,13)(H,11,12);2-5H,1H3. The lowest BCUT2D eigenvalue weighted by Gasteiger charge is -2.13. The monoisotopic (exact) mass is 302 g/mol. The maximum absolute atomic E-state index is 11.3. The van der Waals surface area contributed by atoms with E-state index in [0.29, 0.717) is 13.0 Å². The van der Waals surface area contributed by atoms with E-state index in [-0.39, 0.29) is 18.4 Å². The van der Waals surface area contributed by atoms with Gasteiger partial charge in [0.2, 0.25) is 11.8 Å². The largest absolute Gasteiger partial charge is 0.354 e. The molecule has 1 heterocycles. The molecular formula is C16H22N4O2. The van der Waals surface area contributed by atoms with Crippen molar-refractivity contribution in [2.45, 2.75) is 32.2 Å². The number of hydrogen-bond donors (Lipinski definition) is 3. The number of carbonyl (C=O) groups excluding carboxylic acids is 2. The van der Waals surface area contributed by atoms with Crippen LogP contribution >= 0.6 is 0 Å². The molecule has 0 saturated carbocycles. The molecule has 0 radical (unpaired) electrons. The maximum atomic E-state index is 11.3. The van der Waals surface area contributed by atoms with Gasteiger partial charge in [0, 0.05) is 6.54 Å². The molecule has 1 fully saturated rings. The summed E-state index contributed by atoms with van der Waals surface area (Å²) in [4.78, 5) is 22.2. The molecule has 1 aliphatic rings. The highest BCUT2D eigenvalue weighted by Crippen LogP contribution is 2.04. The van der Waals surface area contributed by atoms with E-state index < -0.39 is 6.04 Å². The number of benzene rings is 1. The van der Waals surface area contributed by atoms with Gasteiger partial charge in [0.25, 0.3) is 0 Å². The second kappa shape index (κ2) is 9.53. The summed E-state index contributed by atoms with van der Waals surface area (Å²) < 4.78 is 0. The molecule has 1 atom stereocenters. The lowest BCUT2D eigenvalue weighted by Crippen LogP contribution is -2.47. The third-order valence-corrected chi connectivity index (χ3v) is 3.24. The van der Waals surface area contributed by atoms with Crippen molar-refractivity contribution in [2.75, 3.05) is 13.1 Å². The first kappa shape index (κ1) is 17.7. The number of nitrogens with one attached hydrogen (secondary N) is 2. The number of nitrogens with two attached hydrogens (primary N) is 1. The fraction of sp³-hybridized carbons (Fsp3) is 0.438. The van der Waals surface area contributed by atoms with Crippen LogP contribution in [0.25, 0.3) is 0 Å². The van der Waals surface area contributed by atoms with E-state index in [0.717, 1.165) is 18.4 Å². The fourth-order valence-corrected chi connectivity index (χ4v) is 1.96. The zero-order valence-electron chi connectivity index (χ0n) is 12.8. The Morgan fingerprint density at radius 3 is 2.68 bits per heavy atom. The van der Waals surface area contributed by atoms with E-state index in [1.54, 1.807) is 0 Å². The Balaban J connectivity index is 0.000000235. The van der Waals surface area contributed by atoms with E-state index in [1.165, 1.54) is 5.56 Å². The normalized spacial score (nSPS) is 17.1. The second-order valence-corrected chi connectivity index (χ2v) is 5.09. The first-order valence-corrected chi connectivity index (χ1v) is 7.30. The average molecular weight is 302 g/mol. The summed E-state index contributed by atoms with van der Waals surface area (Å²) in [6.07, 6.45) is 2.63. The zero-order chi connectivity index (χ0) is 16.4. The molecule has 2 amide bonds. The van der Waals surface area contributed by atoms with Gasteiger partial charge in [-0.15, -0.1) is 0 Å². The van der Waals surface area contributed by atoms with Gasteiger partial charge in [-0.05, 0) is 38.3 Å². The molecule has 22 heavy (non-hydrogen) atoms. The van der Waals surface area contributed by atoms with Crippen molar-refractivity contribution in [2.24, 2.45) is 5.73 Å². The van der Waals surface area contributed by atoms with E-state index in [1.807, 2.05) is 31.2 Å². The third kappa shape index (κ3) is 6.37. The predicted octanol–water partition coefficient (Wildman–Crippen LogP) is 0.597. The summed E-state index contributed by atoms with van der Waals surface area (Å²) in [5.74, 6) is -0.374. The quantitative estimate of drug-likeness (QED) is 0.743. The zero-order valence-corrected chi connectivity index (χ0v) is 12.8. The second-order valence-electron chi connectivity index (χ2n) is 5.09. The van der Waals surface area contributed by atoms with Crippen molar-refractivity contribution in [3.05, 3.63) is 35.4 Å². The van der Waals surface area contributed by atoms with Crippen molar-refractivity contribution in [3.63, 3.8) is 0 Å². The maximum Gasteiger partial charge on any atom is 0.242 e. The molecule has 2 rings (SSSR count). The van der Waals surface area contributed by atoms with Crippen LogP contribution in [-0.4, -0.2) is 30.9 Å². The summed E-state index contributed by atoms with van der Waals surface area (Å²) in [6, 6.07) is 9.15. The Labute approximate surface area is 130 Å². The Hall–Kier alpha value is -2.39. The summed E-state index contributed by atoms with van der Waals surface area (Å²) >= 11 is 0. The van der Waals surface area contributed by atoms with Crippen LogP contribution in [0.4, 0.5) is 0 Å². The first-order valence-electron chi connectivity index (χ1n) is 7.30. The number of hydrogen-bond acceptors (Lipinski definition) is 4. The van der Waals surface area contributed by atoms with E-state index >= 15 is 0 Å². The van der Waals surface area contributed by atoms with E-state index in [9.17, 15) is 9.59 Å². The molecule has 1 unspecified atom stereocenters. The smallest absolute Gasteiger partial charge is 0.242 e. The number of carbonyl (C=O) groups is 2. The van der Waals surface area contributed by atoms with Crippen LogP contribution in [0.15, 0.2) is 24.3 Å². The topological polar surface area (TPSA) is 108 Å². The van der Waals surface area contributed by atoms with Crippen molar-refractivity contribution in [1.82, 2.24) is 10.6 Å². The Morgan fingerprint density at radius 1 is 1.41 bits per heavy atom. The number of nitrogens with zero attached hydrogens (tertiary/aromatic N) is 1. The highest BCUT2D eigenvalue weighted by Gasteiger charge is 2.21. The van der Waals surface area contributed by atoms with Gasteiger partial charge in [-0.25, -0.2) is 0 Å². The fourth-order valence-electron chi connectivity index (χ4n) is 1.96. The SMILES string of the molecule is Cc1ccc(C#N)cc1.NCC(=O)NC1CCCCNC1=O. The van der Waals surface area contributed by atoms with Crippen LogP contribution in [0.2, 0.25) is 0 Å². The van der Waals surface area contributed by atoms with E-state index in [4.69, 9.17) is 11.0 Å². The molecular weight excluding hydrogens is 280 g/mol. The van der Waals surface area contributed by atoms with Crippen molar-refractivity contribution < 1.29 is 9.59 Å². The van der Waals surface area contributed by atoms with Crippen molar-refractivity contribution in [1.29, 1.82) is 5.26 Å². The number of nitriles is 1. The minimum Gasteiger partial charge on any atom is -0.354 e. The summed E-state index contributed by atoms with van der Waals surface area (Å²) in [5, 5.41) is 13.7. The summed E-state index contributed by atoms with van der Waals surface area (Å²) in [7, 11) is 0. The van der Waals surface area contributed by atoms with Crippen molar-refractivity contribution >= 4 is 11.8 Å². The third-order valence-electron chi connectivity index (χ3n) is 3.24. The van der Waals surface area contributed by atoms with Crippen LogP contribution in [0, 0.1) is 18.3 Å². The Morgan fingerprint density at radius 2 is 2.09 bits per heavy atom. The number of amides is 2. The van der Waals surface area contributed by atoms with Crippen LogP contribution in [0.3, 0.4) is 0 Å². The molecule has 0 aromatic heterocycles. The highest BCUT2D eigenvalue weighted by atomic mass is 16.2. The lowest BCUT2D eigenvalue weighted by atomic mass is 10.1. The minimum absolute atomic E-state index is 0.0657. The molecule has 1 aromatic carbocycles. The van der Waals surface area contributed by atoms with Gasteiger partial charge in [-0.3, -0.25) is 9.59 Å². The molecule has 1 aliphatic heterocycles.